The van der Waals surface area contributed by atoms with E-state index in [1.54, 1.807) is 31.2 Å². The van der Waals surface area contributed by atoms with E-state index in [2.05, 4.69) is 17.2 Å². The Balaban J connectivity index is 1.64. The van der Waals surface area contributed by atoms with Gasteiger partial charge in [0.15, 0.2) is 5.69 Å². The number of hydrogen-bond acceptors (Lipinski definition) is 4. The van der Waals surface area contributed by atoms with E-state index in [-0.39, 0.29) is 18.4 Å². The van der Waals surface area contributed by atoms with Crippen LogP contribution in [0.15, 0.2) is 28.7 Å². The number of piperidine rings is 1. The summed E-state index contributed by atoms with van der Waals surface area (Å²) < 4.78 is 5.56. The van der Waals surface area contributed by atoms with Crippen molar-refractivity contribution in [1.29, 1.82) is 0 Å². The number of aromatic nitrogens is 1. The number of rotatable bonds is 4. The Hall–Kier alpha value is -2.34. The zero-order chi connectivity index (χ0) is 18.7. The molecule has 0 spiro atoms. The molecule has 1 aliphatic rings. The maximum atomic E-state index is 12.6. The molecule has 0 unspecified atom stereocenters. The third-order valence-corrected chi connectivity index (χ3v) is 4.96. The lowest BCUT2D eigenvalue weighted by molar-refractivity contribution is 0.0690. The Morgan fingerprint density at radius 2 is 2.00 bits per heavy atom. The number of carbonyl (C=O) groups is 2. The minimum Gasteiger partial charge on any atom is -0.443 e. The van der Waals surface area contributed by atoms with E-state index in [0.29, 0.717) is 33.8 Å². The summed E-state index contributed by atoms with van der Waals surface area (Å²) in [5.74, 6) is 0.992. The molecule has 138 valence electrons. The minimum absolute atomic E-state index is 0.0925. The number of oxazole rings is 1. The number of amides is 2. The van der Waals surface area contributed by atoms with Gasteiger partial charge >= 0.3 is 0 Å². The van der Waals surface area contributed by atoms with Crippen LogP contribution in [0.5, 0.6) is 0 Å². The average Bonchev–Trinajstić information content (AvgIpc) is 3.01. The number of nitrogens with one attached hydrogen (secondary N) is 1. The monoisotopic (exact) mass is 375 g/mol. The summed E-state index contributed by atoms with van der Waals surface area (Å²) >= 11 is 6.02. The smallest absolute Gasteiger partial charge is 0.276 e. The third kappa shape index (κ3) is 4.07. The standard InChI is InChI=1S/C19H22ClN3O3/c1-12-7-9-23(10-8-12)19(25)17-13(2)26-16(22-17)11-21-18(24)14-5-3-4-6-15(14)20/h3-6,12H,7-11H2,1-2H3,(H,21,24). The first-order valence-electron chi connectivity index (χ1n) is 8.74. The highest BCUT2D eigenvalue weighted by atomic mass is 35.5. The molecule has 0 bridgehead atoms. The Bertz CT molecular complexity index is 810. The van der Waals surface area contributed by atoms with E-state index in [9.17, 15) is 9.59 Å². The van der Waals surface area contributed by atoms with Crippen molar-refractivity contribution < 1.29 is 14.0 Å². The molecule has 1 aliphatic heterocycles. The Morgan fingerprint density at radius 3 is 2.69 bits per heavy atom. The Morgan fingerprint density at radius 1 is 1.31 bits per heavy atom. The van der Waals surface area contributed by atoms with Crippen LogP contribution in [0.3, 0.4) is 0 Å². The van der Waals surface area contributed by atoms with Crippen LogP contribution in [0.1, 0.15) is 52.3 Å². The molecule has 1 aromatic heterocycles. The summed E-state index contributed by atoms with van der Waals surface area (Å²) in [5.41, 5.74) is 0.706. The van der Waals surface area contributed by atoms with Gasteiger partial charge in [-0.2, -0.15) is 0 Å². The van der Waals surface area contributed by atoms with Gasteiger partial charge in [0, 0.05) is 13.1 Å². The van der Waals surface area contributed by atoms with Crippen molar-refractivity contribution in [2.45, 2.75) is 33.2 Å². The first-order valence-corrected chi connectivity index (χ1v) is 9.12. The van der Waals surface area contributed by atoms with E-state index in [1.807, 2.05) is 4.90 Å². The predicted octanol–water partition coefficient (Wildman–Crippen LogP) is 3.44. The SMILES string of the molecule is Cc1oc(CNC(=O)c2ccccc2Cl)nc1C(=O)N1CCC(C)CC1. The number of likely N-dealkylation sites (tertiary alicyclic amines) is 1. The van der Waals surface area contributed by atoms with Crippen LogP contribution in [0.25, 0.3) is 0 Å². The average molecular weight is 376 g/mol. The maximum absolute atomic E-state index is 12.6. The second-order valence-corrected chi connectivity index (χ2v) is 7.06. The van der Waals surface area contributed by atoms with E-state index in [1.165, 1.54) is 0 Å². The molecule has 0 atom stereocenters. The second kappa shape index (κ2) is 7.91. The highest BCUT2D eigenvalue weighted by Crippen LogP contribution is 2.20. The molecule has 1 fully saturated rings. The molecular weight excluding hydrogens is 354 g/mol. The number of aryl methyl sites for hydroxylation is 1. The van der Waals surface area contributed by atoms with Crippen molar-refractivity contribution >= 4 is 23.4 Å². The van der Waals surface area contributed by atoms with Gasteiger partial charge in [-0.3, -0.25) is 9.59 Å². The van der Waals surface area contributed by atoms with Crippen molar-refractivity contribution in [3.8, 4) is 0 Å². The van der Waals surface area contributed by atoms with Crippen LogP contribution in [0, 0.1) is 12.8 Å². The molecule has 7 heteroatoms. The molecule has 0 saturated carbocycles. The normalized spacial score (nSPS) is 15.1. The van der Waals surface area contributed by atoms with Gasteiger partial charge in [0.05, 0.1) is 17.1 Å². The highest BCUT2D eigenvalue weighted by Gasteiger charge is 2.26. The summed E-state index contributed by atoms with van der Waals surface area (Å²) in [5, 5.41) is 3.09. The molecule has 0 aliphatic carbocycles. The summed E-state index contributed by atoms with van der Waals surface area (Å²) in [4.78, 5) is 30.9. The number of halogens is 1. The lowest BCUT2D eigenvalue weighted by atomic mass is 9.99. The van der Waals surface area contributed by atoms with Crippen LogP contribution in [0.2, 0.25) is 5.02 Å². The van der Waals surface area contributed by atoms with Gasteiger partial charge in [-0.1, -0.05) is 30.7 Å². The topological polar surface area (TPSA) is 75.4 Å². The molecular formula is C19H22ClN3O3. The van der Waals surface area contributed by atoms with Crippen molar-refractivity contribution in [1.82, 2.24) is 15.2 Å². The Labute approximate surface area is 157 Å². The first kappa shape index (κ1) is 18.5. The van der Waals surface area contributed by atoms with Gasteiger partial charge in [0.25, 0.3) is 11.8 Å². The lowest BCUT2D eigenvalue weighted by Crippen LogP contribution is -2.38. The van der Waals surface area contributed by atoms with Gasteiger partial charge in [-0.05, 0) is 37.8 Å². The number of benzene rings is 1. The molecule has 6 nitrogen and oxygen atoms in total. The van der Waals surface area contributed by atoms with Gasteiger partial charge < -0.3 is 14.6 Å². The molecule has 1 saturated heterocycles. The van der Waals surface area contributed by atoms with Crippen molar-refractivity contribution in [2.75, 3.05) is 13.1 Å². The fourth-order valence-electron chi connectivity index (χ4n) is 2.98. The molecule has 2 amide bonds. The lowest BCUT2D eigenvalue weighted by Gasteiger charge is -2.29. The fraction of sp³-hybridized carbons (Fsp3) is 0.421. The predicted molar refractivity (Wildman–Crippen MR) is 98.2 cm³/mol. The zero-order valence-corrected chi connectivity index (χ0v) is 15.7. The third-order valence-electron chi connectivity index (χ3n) is 4.63. The summed E-state index contributed by atoms with van der Waals surface area (Å²) in [7, 11) is 0. The molecule has 3 rings (SSSR count). The fourth-order valence-corrected chi connectivity index (χ4v) is 3.20. The van der Waals surface area contributed by atoms with Gasteiger partial charge in [-0.15, -0.1) is 0 Å². The van der Waals surface area contributed by atoms with Crippen molar-refractivity contribution in [2.24, 2.45) is 5.92 Å². The van der Waals surface area contributed by atoms with Gasteiger partial charge in [-0.25, -0.2) is 4.98 Å². The molecule has 1 N–H and O–H groups in total. The van der Waals surface area contributed by atoms with E-state index in [0.717, 1.165) is 25.9 Å². The van der Waals surface area contributed by atoms with Crippen molar-refractivity contribution in [3.05, 3.63) is 52.2 Å². The van der Waals surface area contributed by atoms with E-state index < -0.39 is 0 Å². The van der Waals surface area contributed by atoms with Crippen LogP contribution < -0.4 is 5.32 Å². The van der Waals surface area contributed by atoms with Crippen LogP contribution >= 0.6 is 11.6 Å². The summed E-state index contributed by atoms with van der Waals surface area (Å²) in [6.07, 6.45) is 2.01. The molecule has 1 aromatic carbocycles. The minimum atomic E-state index is -0.315. The largest absolute Gasteiger partial charge is 0.443 e. The molecule has 2 aromatic rings. The first-order chi connectivity index (χ1) is 12.5. The summed E-state index contributed by atoms with van der Waals surface area (Å²) in [6.45, 7) is 5.49. The van der Waals surface area contributed by atoms with Gasteiger partial charge in [0.2, 0.25) is 5.89 Å². The van der Waals surface area contributed by atoms with Crippen molar-refractivity contribution in [3.63, 3.8) is 0 Å². The molecule has 26 heavy (non-hydrogen) atoms. The number of hydrogen-bond donors (Lipinski definition) is 1. The molecule has 0 radical (unpaired) electrons. The van der Waals surface area contributed by atoms with E-state index in [4.69, 9.17) is 16.0 Å². The second-order valence-electron chi connectivity index (χ2n) is 6.65. The zero-order valence-electron chi connectivity index (χ0n) is 14.9. The maximum Gasteiger partial charge on any atom is 0.276 e. The highest BCUT2D eigenvalue weighted by molar-refractivity contribution is 6.33. The van der Waals surface area contributed by atoms with Crippen LogP contribution in [0.4, 0.5) is 0 Å². The number of nitrogens with zero attached hydrogens (tertiary/aromatic N) is 2. The Kier molecular flexibility index (Phi) is 5.61. The summed E-state index contributed by atoms with van der Waals surface area (Å²) in [6, 6.07) is 6.80. The quantitative estimate of drug-likeness (QED) is 0.888. The molecule has 2 heterocycles. The van der Waals surface area contributed by atoms with Crippen LogP contribution in [-0.4, -0.2) is 34.8 Å². The number of carbonyl (C=O) groups excluding carboxylic acids is 2. The van der Waals surface area contributed by atoms with E-state index >= 15 is 0 Å². The van der Waals surface area contributed by atoms with Crippen LogP contribution in [-0.2, 0) is 6.54 Å². The van der Waals surface area contributed by atoms with Gasteiger partial charge in [0.1, 0.15) is 5.76 Å².